The molecule has 0 radical (unpaired) electrons. The summed E-state index contributed by atoms with van der Waals surface area (Å²) in [7, 11) is 0. The molecule has 0 aliphatic rings. The van der Waals surface area contributed by atoms with E-state index in [0.717, 1.165) is 16.8 Å². The molecule has 0 atom stereocenters. The number of aliphatic hydroxyl groups is 1. The maximum Gasteiger partial charge on any atom is 0.128 e. The molecule has 2 nitrogen and oxygen atoms in total. The van der Waals surface area contributed by atoms with Gasteiger partial charge >= 0.3 is 0 Å². The smallest absolute Gasteiger partial charge is 0.128 e. The lowest BCUT2D eigenvalue weighted by Crippen LogP contribution is -2.02. The van der Waals surface area contributed by atoms with E-state index in [2.05, 4.69) is 5.32 Å². The van der Waals surface area contributed by atoms with Crippen molar-refractivity contribution in [3.63, 3.8) is 0 Å². The lowest BCUT2D eigenvalue weighted by Gasteiger charge is -2.09. The summed E-state index contributed by atoms with van der Waals surface area (Å²) in [5.74, 6) is -0.202. The first kappa shape index (κ1) is 12.6. The number of halogens is 1. The highest BCUT2D eigenvalue weighted by Crippen LogP contribution is 2.15. The van der Waals surface area contributed by atoms with E-state index in [-0.39, 0.29) is 12.4 Å². The molecule has 0 heterocycles. The number of aryl methyl sites for hydroxylation is 1. The normalized spacial score (nSPS) is 10.4. The van der Waals surface area contributed by atoms with Crippen molar-refractivity contribution in [2.24, 2.45) is 0 Å². The van der Waals surface area contributed by atoms with Gasteiger partial charge in [0.05, 0.1) is 6.61 Å². The maximum atomic E-state index is 13.5. The van der Waals surface area contributed by atoms with Crippen LogP contribution in [0.2, 0.25) is 0 Å². The molecule has 2 aromatic carbocycles. The molecule has 0 fully saturated rings. The molecule has 0 aliphatic carbocycles. The molecule has 2 N–H and O–H groups in total. The van der Waals surface area contributed by atoms with Crippen LogP contribution >= 0.6 is 0 Å². The van der Waals surface area contributed by atoms with Gasteiger partial charge in [0.25, 0.3) is 0 Å². The summed E-state index contributed by atoms with van der Waals surface area (Å²) in [6.45, 7) is 2.38. The van der Waals surface area contributed by atoms with Gasteiger partial charge in [-0.1, -0.05) is 29.8 Å². The molecule has 0 spiro atoms. The minimum Gasteiger partial charge on any atom is -0.392 e. The fraction of sp³-hybridized carbons (Fsp3) is 0.200. The van der Waals surface area contributed by atoms with Crippen LogP contribution in [0.15, 0.2) is 42.5 Å². The monoisotopic (exact) mass is 245 g/mol. The van der Waals surface area contributed by atoms with E-state index in [1.54, 1.807) is 6.07 Å². The van der Waals surface area contributed by atoms with Crippen molar-refractivity contribution < 1.29 is 9.50 Å². The Morgan fingerprint density at radius 2 is 2.00 bits per heavy atom. The first-order valence-electron chi connectivity index (χ1n) is 5.88. The van der Waals surface area contributed by atoms with Crippen molar-refractivity contribution in [3.8, 4) is 0 Å². The van der Waals surface area contributed by atoms with Crippen LogP contribution in [0.4, 0.5) is 10.1 Å². The maximum absolute atomic E-state index is 13.5. The number of anilines is 1. The fourth-order valence-electron chi connectivity index (χ4n) is 1.82. The number of hydrogen-bond donors (Lipinski definition) is 2. The lowest BCUT2D eigenvalue weighted by atomic mass is 10.1. The number of hydrogen-bond acceptors (Lipinski definition) is 2. The van der Waals surface area contributed by atoms with Crippen molar-refractivity contribution in [1.82, 2.24) is 0 Å². The zero-order valence-corrected chi connectivity index (χ0v) is 10.3. The van der Waals surface area contributed by atoms with Crippen LogP contribution in [0.1, 0.15) is 16.7 Å². The second kappa shape index (κ2) is 5.65. The molecule has 2 aromatic rings. The molecule has 94 valence electrons. The highest BCUT2D eigenvalue weighted by molar-refractivity contribution is 5.46. The van der Waals surface area contributed by atoms with Gasteiger partial charge in [0.15, 0.2) is 0 Å². The number of benzene rings is 2. The Kier molecular flexibility index (Phi) is 3.95. The minimum absolute atomic E-state index is 0.00826. The largest absolute Gasteiger partial charge is 0.392 e. The predicted molar refractivity (Wildman–Crippen MR) is 70.8 cm³/mol. The summed E-state index contributed by atoms with van der Waals surface area (Å²) in [4.78, 5) is 0. The molecule has 2 rings (SSSR count). The average molecular weight is 245 g/mol. The van der Waals surface area contributed by atoms with Gasteiger partial charge in [0, 0.05) is 17.8 Å². The van der Waals surface area contributed by atoms with Gasteiger partial charge < -0.3 is 10.4 Å². The minimum atomic E-state index is -0.202. The molecule has 0 amide bonds. The third-order valence-corrected chi connectivity index (χ3v) is 2.79. The summed E-state index contributed by atoms with van der Waals surface area (Å²) in [5, 5.41) is 12.2. The summed E-state index contributed by atoms with van der Waals surface area (Å²) < 4.78 is 13.5. The van der Waals surface area contributed by atoms with E-state index in [1.807, 2.05) is 37.3 Å². The highest BCUT2D eigenvalue weighted by atomic mass is 19.1. The van der Waals surface area contributed by atoms with E-state index in [9.17, 15) is 4.39 Å². The van der Waals surface area contributed by atoms with Gasteiger partial charge in [-0.05, 0) is 30.7 Å². The summed E-state index contributed by atoms with van der Waals surface area (Å²) in [6.07, 6.45) is 0. The quantitative estimate of drug-likeness (QED) is 0.866. The van der Waals surface area contributed by atoms with Gasteiger partial charge in [-0.25, -0.2) is 4.39 Å². The number of rotatable bonds is 4. The first-order valence-corrected chi connectivity index (χ1v) is 5.88. The van der Waals surface area contributed by atoms with Crippen LogP contribution in [-0.2, 0) is 13.2 Å². The summed E-state index contributed by atoms with van der Waals surface area (Å²) in [6, 6.07) is 12.5. The average Bonchev–Trinajstić information content (AvgIpc) is 2.40. The number of aliphatic hydroxyl groups excluding tert-OH is 1. The molecule has 0 unspecified atom stereocenters. The fourth-order valence-corrected chi connectivity index (χ4v) is 1.82. The van der Waals surface area contributed by atoms with E-state index < -0.39 is 0 Å². The van der Waals surface area contributed by atoms with Crippen LogP contribution in [0.3, 0.4) is 0 Å². The van der Waals surface area contributed by atoms with Crippen LogP contribution in [0, 0.1) is 12.7 Å². The molecule has 0 aromatic heterocycles. The molecule has 0 bridgehead atoms. The van der Waals surface area contributed by atoms with Gasteiger partial charge in [-0.15, -0.1) is 0 Å². The Morgan fingerprint density at radius 3 is 2.78 bits per heavy atom. The van der Waals surface area contributed by atoms with Crippen LogP contribution in [0.5, 0.6) is 0 Å². The molecular formula is C15H16FNO. The Morgan fingerprint density at radius 1 is 1.17 bits per heavy atom. The van der Waals surface area contributed by atoms with Crippen molar-refractivity contribution >= 4 is 5.69 Å². The predicted octanol–water partition coefficient (Wildman–Crippen LogP) is 3.24. The van der Waals surface area contributed by atoms with E-state index in [1.165, 1.54) is 6.07 Å². The topological polar surface area (TPSA) is 32.3 Å². The molecule has 0 saturated carbocycles. The molecular weight excluding hydrogens is 229 g/mol. The van der Waals surface area contributed by atoms with E-state index >= 15 is 0 Å². The molecule has 0 aliphatic heterocycles. The zero-order chi connectivity index (χ0) is 13.0. The van der Waals surface area contributed by atoms with Crippen LogP contribution < -0.4 is 5.32 Å². The zero-order valence-electron chi connectivity index (χ0n) is 10.3. The highest BCUT2D eigenvalue weighted by Gasteiger charge is 2.02. The second-order valence-electron chi connectivity index (χ2n) is 4.31. The molecule has 18 heavy (non-hydrogen) atoms. The SMILES string of the molecule is Cc1ccc(F)c(CNc2cccc(CO)c2)c1. The van der Waals surface area contributed by atoms with Gasteiger partial charge in [-0.3, -0.25) is 0 Å². The van der Waals surface area contributed by atoms with Gasteiger partial charge in [0.1, 0.15) is 5.82 Å². The van der Waals surface area contributed by atoms with Crippen molar-refractivity contribution in [2.45, 2.75) is 20.1 Å². The van der Waals surface area contributed by atoms with Gasteiger partial charge in [0.2, 0.25) is 0 Å². The summed E-state index contributed by atoms with van der Waals surface area (Å²) in [5.41, 5.74) is 3.40. The van der Waals surface area contributed by atoms with Gasteiger partial charge in [-0.2, -0.15) is 0 Å². The van der Waals surface area contributed by atoms with Crippen molar-refractivity contribution in [3.05, 3.63) is 65.0 Å². The Hall–Kier alpha value is -1.87. The van der Waals surface area contributed by atoms with Crippen LogP contribution in [0.25, 0.3) is 0 Å². The lowest BCUT2D eigenvalue weighted by molar-refractivity contribution is 0.282. The van der Waals surface area contributed by atoms with E-state index in [4.69, 9.17) is 5.11 Å². The number of nitrogens with one attached hydrogen (secondary N) is 1. The standard InChI is InChI=1S/C15H16FNO/c1-11-5-6-15(16)13(7-11)9-17-14-4-2-3-12(8-14)10-18/h2-8,17-18H,9-10H2,1H3. The van der Waals surface area contributed by atoms with Crippen molar-refractivity contribution in [2.75, 3.05) is 5.32 Å². The Bertz CT molecular complexity index is 540. The van der Waals surface area contributed by atoms with Crippen LogP contribution in [-0.4, -0.2) is 5.11 Å². The summed E-state index contributed by atoms with van der Waals surface area (Å²) >= 11 is 0. The molecule has 0 saturated heterocycles. The van der Waals surface area contributed by atoms with Crippen molar-refractivity contribution in [1.29, 1.82) is 0 Å². The molecule has 3 heteroatoms. The Labute approximate surface area is 106 Å². The second-order valence-corrected chi connectivity index (χ2v) is 4.31. The Balaban J connectivity index is 2.08. The first-order chi connectivity index (χ1) is 8.69. The van der Waals surface area contributed by atoms with E-state index in [0.29, 0.717) is 12.1 Å². The third kappa shape index (κ3) is 3.08. The third-order valence-electron chi connectivity index (χ3n) is 2.79.